The van der Waals surface area contributed by atoms with Gasteiger partial charge in [-0.25, -0.2) is 8.78 Å². The van der Waals surface area contributed by atoms with Gasteiger partial charge in [0.1, 0.15) is 27.6 Å². The van der Waals surface area contributed by atoms with E-state index in [1.807, 2.05) is 30.4 Å². The minimum absolute atomic E-state index is 0.112. The quantitative estimate of drug-likeness (QED) is 0.477. The highest BCUT2D eigenvalue weighted by Gasteiger charge is 2.16. The molecule has 0 atom stereocenters. The van der Waals surface area contributed by atoms with Gasteiger partial charge in [0.15, 0.2) is 5.57 Å². The number of carbonyl (C=O) groups excluding carboxylic acids is 1. The van der Waals surface area contributed by atoms with Crippen molar-refractivity contribution in [3.05, 3.63) is 43.3 Å². The van der Waals surface area contributed by atoms with Crippen LogP contribution in [-0.2, 0) is 16.1 Å². The van der Waals surface area contributed by atoms with Crippen molar-refractivity contribution in [1.29, 1.82) is 5.26 Å². The molecular formula is C24H29F2N5O4S. The second-order valence-electron chi connectivity index (χ2n) is 7.98. The zero-order valence-corrected chi connectivity index (χ0v) is 21.0. The van der Waals surface area contributed by atoms with E-state index in [1.165, 1.54) is 10.8 Å². The van der Waals surface area contributed by atoms with E-state index in [-0.39, 0.29) is 21.3 Å². The molecule has 0 radical (unpaired) electrons. The Morgan fingerprint density at radius 1 is 1.36 bits per heavy atom. The number of morpholine rings is 1. The number of aromatic nitrogens is 1. The Morgan fingerprint density at radius 3 is 2.78 bits per heavy atom. The van der Waals surface area contributed by atoms with Crippen LogP contribution in [0.5, 0.6) is 5.75 Å². The van der Waals surface area contributed by atoms with Crippen LogP contribution in [-0.4, -0.2) is 67.8 Å². The van der Waals surface area contributed by atoms with Crippen molar-refractivity contribution in [2.45, 2.75) is 26.8 Å². The second-order valence-corrected chi connectivity index (χ2v) is 9.01. The molecule has 1 aromatic carbocycles. The van der Waals surface area contributed by atoms with Crippen molar-refractivity contribution in [1.82, 2.24) is 14.8 Å². The summed E-state index contributed by atoms with van der Waals surface area (Å²) in [6.07, 6.45) is -1.25. The predicted octanol–water partition coefficient (Wildman–Crippen LogP) is 0.855. The number of halogens is 2. The first-order chi connectivity index (χ1) is 17.3. The summed E-state index contributed by atoms with van der Waals surface area (Å²) < 4.78 is 37.9. The maximum absolute atomic E-state index is 12.9. The summed E-state index contributed by atoms with van der Waals surface area (Å²) in [4.78, 5) is 27.4. The Balaban J connectivity index is 1.80. The van der Waals surface area contributed by atoms with Gasteiger partial charge in [0, 0.05) is 44.1 Å². The number of hydrogen-bond donors (Lipinski definition) is 2. The Labute approximate surface area is 211 Å². The summed E-state index contributed by atoms with van der Waals surface area (Å²) in [7, 11) is 0. The first kappa shape index (κ1) is 27.3. The number of nitrogens with zero attached hydrogens (tertiary/aromatic N) is 3. The topological polar surface area (TPSA) is 109 Å². The molecule has 3 rings (SSSR count). The minimum Gasteiger partial charge on any atom is -0.492 e. The molecule has 0 bridgehead atoms. The van der Waals surface area contributed by atoms with E-state index in [0.29, 0.717) is 12.3 Å². The molecule has 1 aliphatic rings. The molecule has 0 saturated carbocycles. The van der Waals surface area contributed by atoms with Crippen LogP contribution in [0.25, 0.3) is 11.8 Å². The average Bonchev–Trinajstić information content (AvgIpc) is 3.18. The lowest BCUT2D eigenvalue weighted by Crippen LogP contribution is -2.38. The molecule has 1 aromatic heterocycles. The summed E-state index contributed by atoms with van der Waals surface area (Å²) in [6, 6.07) is 7.32. The fraction of sp³-hybridized carbons (Fsp3) is 0.458. The number of carbonyl (C=O) groups is 1. The van der Waals surface area contributed by atoms with Gasteiger partial charge in [-0.1, -0.05) is 6.07 Å². The van der Waals surface area contributed by atoms with Gasteiger partial charge in [-0.3, -0.25) is 19.1 Å². The van der Waals surface area contributed by atoms with Crippen LogP contribution < -0.4 is 30.1 Å². The fourth-order valence-corrected chi connectivity index (χ4v) is 4.64. The van der Waals surface area contributed by atoms with E-state index < -0.39 is 24.4 Å². The normalized spacial score (nSPS) is 15.5. The largest absolute Gasteiger partial charge is 0.492 e. The monoisotopic (exact) mass is 521 g/mol. The number of alkyl halides is 2. The van der Waals surface area contributed by atoms with Gasteiger partial charge in [-0.05, 0) is 25.5 Å². The van der Waals surface area contributed by atoms with Crippen LogP contribution in [0, 0.1) is 18.3 Å². The van der Waals surface area contributed by atoms with Crippen LogP contribution in [0.4, 0.5) is 14.5 Å². The molecule has 12 heteroatoms. The van der Waals surface area contributed by atoms with Gasteiger partial charge in [0.25, 0.3) is 17.9 Å². The third-order valence-corrected chi connectivity index (χ3v) is 6.65. The second kappa shape index (κ2) is 13.2. The van der Waals surface area contributed by atoms with Gasteiger partial charge in [-0.15, -0.1) is 11.3 Å². The first-order valence-corrected chi connectivity index (χ1v) is 12.4. The van der Waals surface area contributed by atoms with Crippen LogP contribution in [0.15, 0.2) is 23.0 Å². The lowest BCUT2D eigenvalue weighted by molar-refractivity contribution is -0.116. The summed E-state index contributed by atoms with van der Waals surface area (Å²) in [5, 5.41) is 14.5. The summed E-state index contributed by atoms with van der Waals surface area (Å²) in [5.74, 6) is -0.228. The lowest BCUT2D eigenvalue weighted by atomic mass is 10.2. The molecule has 36 heavy (non-hydrogen) atoms. The van der Waals surface area contributed by atoms with E-state index in [0.717, 1.165) is 55.5 Å². The number of nitriles is 1. The molecule has 194 valence electrons. The minimum atomic E-state index is -2.75. The average molecular weight is 522 g/mol. The smallest absolute Gasteiger partial charge is 0.270 e. The van der Waals surface area contributed by atoms with Crippen molar-refractivity contribution < 1.29 is 23.0 Å². The van der Waals surface area contributed by atoms with Crippen molar-refractivity contribution in [2.24, 2.45) is 0 Å². The number of nitrogens with one attached hydrogen (secondary N) is 2. The predicted molar refractivity (Wildman–Crippen MR) is 134 cm³/mol. The van der Waals surface area contributed by atoms with Gasteiger partial charge >= 0.3 is 0 Å². The number of thiazole rings is 1. The number of benzene rings is 1. The van der Waals surface area contributed by atoms with Crippen molar-refractivity contribution in [3.63, 3.8) is 0 Å². The molecule has 1 saturated heterocycles. The number of aryl methyl sites for hydroxylation is 1. The zero-order chi connectivity index (χ0) is 26.1. The van der Waals surface area contributed by atoms with Gasteiger partial charge in [0.05, 0.1) is 19.8 Å². The first-order valence-electron chi connectivity index (χ1n) is 11.5. The maximum Gasteiger partial charge on any atom is 0.270 e. The van der Waals surface area contributed by atoms with Crippen molar-refractivity contribution in [3.8, 4) is 11.8 Å². The molecule has 2 heterocycles. The summed E-state index contributed by atoms with van der Waals surface area (Å²) in [6.45, 7) is 7.52. The molecule has 1 aliphatic heterocycles. The number of rotatable bonds is 10. The van der Waals surface area contributed by atoms with E-state index in [1.54, 1.807) is 13.0 Å². The lowest BCUT2D eigenvalue weighted by Gasteiger charge is -2.26. The van der Waals surface area contributed by atoms with Crippen molar-refractivity contribution in [2.75, 3.05) is 51.3 Å². The number of ether oxygens (including phenoxy) is 2. The number of anilines is 1. The van der Waals surface area contributed by atoms with Crippen molar-refractivity contribution >= 4 is 34.7 Å². The van der Waals surface area contributed by atoms with Crippen LogP contribution >= 0.6 is 11.3 Å². The highest BCUT2D eigenvalue weighted by atomic mass is 32.1. The molecule has 2 aromatic rings. The SMILES string of the molecule is CCn1c(=O)/c(=C\Nc2ccc(C)c(OCCN3CCOCC3)c2)s/c1=C(/C#N)C(=O)NCC(F)F. The van der Waals surface area contributed by atoms with E-state index in [4.69, 9.17) is 9.47 Å². The molecule has 0 unspecified atom stereocenters. The molecule has 2 N–H and O–H groups in total. The maximum atomic E-state index is 12.9. The third-order valence-electron chi connectivity index (χ3n) is 5.52. The van der Waals surface area contributed by atoms with E-state index >= 15 is 0 Å². The fourth-order valence-electron chi connectivity index (χ4n) is 3.55. The number of hydrogen-bond acceptors (Lipinski definition) is 8. The van der Waals surface area contributed by atoms with Crippen LogP contribution in [0.1, 0.15) is 12.5 Å². The molecular weight excluding hydrogens is 492 g/mol. The Bertz CT molecular complexity index is 1280. The Kier molecular flexibility index (Phi) is 9.98. The molecule has 0 aliphatic carbocycles. The van der Waals surface area contributed by atoms with Gasteiger partial charge in [-0.2, -0.15) is 5.26 Å². The van der Waals surface area contributed by atoms with Crippen LogP contribution in [0.2, 0.25) is 0 Å². The molecule has 1 amide bonds. The van der Waals surface area contributed by atoms with E-state index in [9.17, 15) is 23.6 Å². The highest BCUT2D eigenvalue weighted by molar-refractivity contribution is 7.07. The number of amides is 1. The standard InChI is InChI=1S/C24H29F2N5O4S/c1-3-31-23(33)20(36-24(31)18(13-27)22(32)29-15-21(25)26)14-28-17-5-4-16(2)19(12-17)35-11-8-30-6-9-34-10-7-30/h4-5,12,14,21,28H,3,6-11,15H2,1-2H3,(H,29,32)/b20-14+,24-18-. The van der Waals surface area contributed by atoms with E-state index in [2.05, 4.69) is 10.2 Å². The molecule has 9 nitrogen and oxygen atoms in total. The van der Waals surface area contributed by atoms with Crippen LogP contribution in [0.3, 0.4) is 0 Å². The Morgan fingerprint density at radius 2 is 2.11 bits per heavy atom. The van der Waals surface area contributed by atoms with Gasteiger partial charge < -0.3 is 20.1 Å². The molecule has 0 spiro atoms. The third kappa shape index (κ3) is 7.13. The molecule has 1 fully saturated rings. The summed E-state index contributed by atoms with van der Waals surface area (Å²) >= 11 is 0.940. The summed E-state index contributed by atoms with van der Waals surface area (Å²) in [5.41, 5.74) is 0.884. The zero-order valence-electron chi connectivity index (χ0n) is 20.2. The highest BCUT2D eigenvalue weighted by Crippen LogP contribution is 2.22. The van der Waals surface area contributed by atoms with Gasteiger partial charge in [0.2, 0.25) is 0 Å². The Hall–Kier alpha value is -3.27.